The van der Waals surface area contributed by atoms with Crippen LogP contribution in [0.15, 0.2) is 23.3 Å². The van der Waals surface area contributed by atoms with Crippen molar-refractivity contribution in [2.24, 2.45) is 16.8 Å². The largest absolute Gasteiger partial charge is 0.392 e. The molecule has 1 aliphatic heterocycles. The normalized spacial score (nSPS) is 27.4. The average molecular weight is 273 g/mol. The summed E-state index contributed by atoms with van der Waals surface area (Å²) in [5.74, 6) is 1.78. The minimum Gasteiger partial charge on any atom is -0.392 e. The molecule has 0 bridgehead atoms. The number of aliphatic hydroxyl groups excluding tert-OH is 1. The lowest BCUT2D eigenvalue weighted by molar-refractivity contribution is 0.0760. The summed E-state index contributed by atoms with van der Waals surface area (Å²) in [5, 5.41) is 17.4. The SMILES string of the molecule is Cc1nc(N=CC2CNC[C@H](O)[C@@H]2C)c2cccn2n1. The fourth-order valence-electron chi connectivity index (χ4n) is 2.53. The van der Waals surface area contributed by atoms with E-state index >= 15 is 0 Å². The van der Waals surface area contributed by atoms with Crippen LogP contribution in [0.3, 0.4) is 0 Å². The molecule has 0 amide bonds. The second-order valence-corrected chi connectivity index (χ2v) is 5.35. The maximum Gasteiger partial charge on any atom is 0.179 e. The molecule has 1 saturated heterocycles. The van der Waals surface area contributed by atoms with Gasteiger partial charge in [-0.1, -0.05) is 6.92 Å². The smallest absolute Gasteiger partial charge is 0.179 e. The summed E-state index contributed by atoms with van der Waals surface area (Å²) >= 11 is 0. The van der Waals surface area contributed by atoms with Crippen LogP contribution in [0.4, 0.5) is 5.82 Å². The van der Waals surface area contributed by atoms with Crippen molar-refractivity contribution in [3.63, 3.8) is 0 Å². The number of aromatic nitrogens is 3. The van der Waals surface area contributed by atoms with E-state index in [4.69, 9.17) is 0 Å². The lowest BCUT2D eigenvalue weighted by atomic mass is 9.87. The molecular formula is C14H19N5O. The molecule has 2 aromatic rings. The molecule has 6 heteroatoms. The number of hydrogen-bond donors (Lipinski definition) is 2. The van der Waals surface area contributed by atoms with Crippen LogP contribution >= 0.6 is 0 Å². The maximum absolute atomic E-state index is 9.87. The first-order valence-electron chi connectivity index (χ1n) is 6.90. The van der Waals surface area contributed by atoms with Crippen LogP contribution < -0.4 is 5.32 Å². The van der Waals surface area contributed by atoms with Gasteiger partial charge in [-0.2, -0.15) is 5.10 Å². The summed E-state index contributed by atoms with van der Waals surface area (Å²) < 4.78 is 1.78. The summed E-state index contributed by atoms with van der Waals surface area (Å²) in [6.45, 7) is 5.40. The van der Waals surface area contributed by atoms with Crippen LogP contribution in [0, 0.1) is 18.8 Å². The van der Waals surface area contributed by atoms with Crippen LogP contribution in [0.2, 0.25) is 0 Å². The summed E-state index contributed by atoms with van der Waals surface area (Å²) in [6, 6.07) is 3.88. The highest BCUT2D eigenvalue weighted by Gasteiger charge is 2.27. The van der Waals surface area contributed by atoms with Gasteiger partial charge >= 0.3 is 0 Å². The third-order valence-electron chi connectivity index (χ3n) is 3.88. The summed E-state index contributed by atoms with van der Waals surface area (Å²) in [5.41, 5.74) is 0.892. The number of aryl methyl sites for hydroxylation is 1. The van der Waals surface area contributed by atoms with Gasteiger partial charge in [-0.15, -0.1) is 0 Å². The highest BCUT2D eigenvalue weighted by Crippen LogP contribution is 2.21. The van der Waals surface area contributed by atoms with Gasteiger partial charge in [-0.3, -0.25) is 0 Å². The minimum atomic E-state index is -0.319. The zero-order chi connectivity index (χ0) is 14.1. The Morgan fingerprint density at radius 3 is 3.20 bits per heavy atom. The first kappa shape index (κ1) is 13.2. The van der Waals surface area contributed by atoms with Crippen molar-refractivity contribution in [3.05, 3.63) is 24.2 Å². The van der Waals surface area contributed by atoms with Gasteiger partial charge in [0.25, 0.3) is 0 Å². The fourth-order valence-corrected chi connectivity index (χ4v) is 2.53. The van der Waals surface area contributed by atoms with Crippen molar-refractivity contribution < 1.29 is 5.11 Å². The van der Waals surface area contributed by atoms with Crippen molar-refractivity contribution in [1.29, 1.82) is 0 Å². The van der Waals surface area contributed by atoms with E-state index in [1.165, 1.54) is 0 Å². The first-order valence-corrected chi connectivity index (χ1v) is 6.90. The second-order valence-electron chi connectivity index (χ2n) is 5.35. The van der Waals surface area contributed by atoms with Crippen molar-refractivity contribution >= 4 is 17.5 Å². The molecule has 1 fully saturated rings. The third-order valence-corrected chi connectivity index (χ3v) is 3.88. The maximum atomic E-state index is 9.87. The standard InChI is InChI=1S/C14H19N5O/c1-9-11(6-15-8-13(9)20)7-16-14-12-4-3-5-19(12)18-10(2)17-14/h3-5,7,9,11,13,15,20H,6,8H2,1-2H3/t9-,11?,13+/m1/s1. The van der Waals surface area contributed by atoms with Gasteiger partial charge < -0.3 is 10.4 Å². The Morgan fingerprint density at radius 1 is 1.50 bits per heavy atom. The Hall–Kier alpha value is -1.79. The molecule has 3 atom stereocenters. The Morgan fingerprint density at radius 2 is 2.35 bits per heavy atom. The minimum absolute atomic E-state index is 0.200. The van der Waals surface area contributed by atoms with Crippen LogP contribution in [0.25, 0.3) is 5.52 Å². The lowest BCUT2D eigenvalue weighted by Gasteiger charge is -2.31. The molecule has 2 aromatic heterocycles. The van der Waals surface area contributed by atoms with E-state index in [-0.39, 0.29) is 17.9 Å². The molecule has 2 N–H and O–H groups in total. The molecule has 0 spiro atoms. The molecule has 1 unspecified atom stereocenters. The number of nitrogens with one attached hydrogen (secondary N) is 1. The highest BCUT2D eigenvalue weighted by atomic mass is 16.3. The molecular weight excluding hydrogens is 254 g/mol. The van der Waals surface area contributed by atoms with Gasteiger partial charge in [-0.25, -0.2) is 14.5 Å². The number of nitrogens with zero attached hydrogens (tertiary/aromatic N) is 4. The van der Waals surface area contributed by atoms with E-state index in [0.717, 1.165) is 12.1 Å². The molecule has 3 rings (SSSR count). The van der Waals surface area contributed by atoms with E-state index in [1.54, 1.807) is 4.52 Å². The fraction of sp³-hybridized carbons (Fsp3) is 0.500. The summed E-state index contributed by atoms with van der Waals surface area (Å²) in [7, 11) is 0. The number of rotatable bonds is 2. The van der Waals surface area contributed by atoms with Crippen LogP contribution in [0.1, 0.15) is 12.7 Å². The lowest BCUT2D eigenvalue weighted by Crippen LogP contribution is -2.46. The molecule has 3 heterocycles. The Labute approximate surface area is 117 Å². The van der Waals surface area contributed by atoms with Crippen molar-refractivity contribution in [1.82, 2.24) is 19.9 Å². The quantitative estimate of drug-likeness (QED) is 0.799. The zero-order valence-corrected chi connectivity index (χ0v) is 11.7. The van der Waals surface area contributed by atoms with Gasteiger partial charge in [0, 0.05) is 31.4 Å². The van der Waals surface area contributed by atoms with Crippen LogP contribution in [-0.4, -0.2) is 45.1 Å². The first-order chi connectivity index (χ1) is 9.65. The molecule has 20 heavy (non-hydrogen) atoms. The molecule has 6 nitrogen and oxygen atoms in total. The van der Waals surface area contributed by atoms with Crippen molar-refractivity contribution in [3.8, 4) is 0 Å². The molecule has 106 valence electrons. The molecule has 0 aromatic carbocycles. The number of fused-ring (bicyclic) bond motifs is 1. The number of β-amino-alcohol motifs (C(OH)–C–C–N with tert-alkyl or cyclic N) is 1. The highest BCUT2D eigenvalue weighted by molar-refractivity contribution is 5.73. The second kappa shape index (κ2) is 5.30. The predicted molar refractivity (Wildman–Crippen MR) is 77.4 cm³/mol. The van der Waals surface area contributed by atoms with Crippen LogP contribution in [0.5, 0.6) is 0 Å². The predicted octanol–water partition coefficient (Wildman–Crippen LogP) is 0.956. The number of hydrogen-bond acceptors (Lipinski definition) is 5. The van der Waals surface area contributed by atoms with E-state index in [0.29, 0.717) is 18.2 Å². The molecule has 0 aliphatic carbocycles. The zero-order valence-electron chi connectivity index (χ0n) is 11.7. The van der Waals surface area contributed by atoms with Gasteiger partial charge in [0.15, 0.2) is 5.82 Å². The van der Waals surface area contributed by atoms with E-state index in [9.17, 15) is 5.11 Å². The van der Waals surface area contributed by atoms with E-state index in [2.05, 4.69) is 27.3 Å². The van der Waals surface area contributed by atoms with Crippen molar-refractivity contribution in [2.45, 2.75) is 20.0 Å². The van der Waals surface area contributed by atoms with Gasteiger partial charge in [0.2, 0.25) is 0 Å². The van der Waals surface area contributed by atoms with Gasteiger partial charge in [0.1, 0.15) is 11.3 Å². The summed E-state index contributed by atoms with van der Waals surface area (Å²) in [4.78, 5) is 8.92. The molecule has 0 radical (unpaired) electrons. The average Bonchev–Trinajstić information content (AvgIpc) is 2.88. The van der Waals surface area contributed by atoms with Crippen molar-refractivity contribution in [2.75, 3.05) is 13.1 Å². The van der Waals surface area contributed by atoms with Gasteiger partial charge in [0.05, 0.1) is 6.10 Å². The number of aliphatic imine (C=N–C) groups is 1. The van der Waals surface area contributed by atoms with E-state index < -0.39 is 0 Å². The Bertz CT molecular complexity index is 636. The molecule has 1 aliphatic rings. The number of aliphatic hydroxyl groups is 1. The molecule has 0 saturated carbocycles. The Balaban J connectivity index is 1.88. The number of piperidine rings is 1. The van der Waals surface area contributed by atoms with E-state index in [1.807, 2.05) is 31.5 Å². The Kier molecular flexibility index (Phi) is 3.50. The third kappa shape index (κ3) is 2.44. The van der Waals surface area contributed by atoms with Crippen LogP contribution in [-0.2, 0) is 0 Å². The monoisotopic (exact) mass is 273 g/mol. The van der Waals surface area contributed by atoms with Gasteiger partial charge in [-0.05, 0) is 25.0 Å². The summed E-state index contributed by atoms with van der Waals surface area (Å²) in [6.07, 6.45) is 3.47. The topological polar surface area (TPSA) is 74.8 Å².